The minimum Gasteiger partial charge on any atom is -0.375 e. The summed E-state index contributed by atoms with van der Waals surface area (Å²) in [6.45, 7) is 11.7. The molecular formula is C32H33FN8O2S. The summed E-state index contributed by atoms with van der Waals surface area (Å²) in [7, 11) is 0. The lowest BCUT2D eigenvalue weighted by Gasteiger charge is -2.31. The second kappa shape index (κ2) is 11.8. The molecule has 10 nitrogen and oxygen atoms in total. The lowest BCUT2D eigenvalue weighted by Crippen LogP contribution is -2.40. The first-order chi connectivity index (χ1) is 21.2. The van der Waals surface area contributed by atoms with E-state index in [1.807, 2.05) is 43.9 Å². The Kier molecular flexibility index (Phi) is 7.85. The van der Waals surface area contributed by atoms with E-state index < -0.39 is 11.5 Å². The number of carbonyl (C=O) groups is 1. The van der Waals surface area contributed by atoms with Crippen LogP contribution >= 0.6 is 11.3 Å². The van der Waals surface area contributed by atoms with Crippen LogP contribution in [0.1, 0.15) is 43.9 Å². The number of nitrogen functional groups attached to an aromatic ring is 1. The van der Waals surface area contributed by atoms with Crippen LogP contribution in [0.15, 0.2) is 54.0 Å². The summed E-state index contributed by atoms with van der Waals surface area (Å²) in [5, 5.41) is 0.781. The Balaban J connectivity index is 1.60. The second-order valence-electron chi connectivity index (χ2n) is 11.2. The van der Waals surface area contributed by atoms with Crippen molar-refractivity contribution in [2.75, 3.05) is 36.8 Å². The van der Waals surface area contributed by atoms with Crippen LogP contribution in [-0.2, 0) is 4.79 Å². The summed E-state index contributed by atoms with van der Waals surface area (Å²) >= 11 is 1.31. The first kappa shape index (κ1) is 29.4. The van der Waals surface area contributed by atoms with Gasteiger partial charge in [-0.2, -0.15) is 4.98 Å². The van der Waals surface area contributed by atoms with E-state index >= 15 is 4.39 Å². The van der Waals surface area contributed by atoms with Gasteiger partial charge in [-0.25, -0.2) is 23.7 Å². The maximum Gasteiger partial charge on any atom is 0.355 e. The normalized spacial score (nSPS) is 14.3. The zero-order valence-corrected chi connectivity index (χ0v) is 25.7. The lowest BCUT2D eigenvalue weighted by atomic mass is 10.0. The van der Waals surface area contributed by atoms with Gasteiger partial charge < -0.3 is 15.5 Å². The molecule has 4 aromatic heterocycles. The molecule has 0 unspecified atom stereocenters. The zero-order valence-electron chi connectivity index (χ0n) is 24.9. The highest BCUT2D eigenvalue weighted by molar-refractivity contribution is 7.22. The number of benzene rings is 1. The van der Waals surface area contributed by atoms with Crippen molar-refractivity contribution in [3.05, 3.63) is 76.7 Å². The third-order valence-electron chi connectivity index (χ3n) is 7.91. The van der Waals surface area contributed by atoms with Gasteiger partial charge in [0.1, 0.15) is 17.3 Å². The van der Waals surface area contributed by atoms with Gasteiger partial charge in [-0.3, -0.25) is 9.78 Å². The number of thiazole rings is 1. The third-order valence-corrected chi connectivity index (χ3v) is 8.76. The largest absolute Gasteiger partial charge is 0.375 e. The van der Waals surface area contributed by atoms with Crippen molar-refractivity contribution in [3.63, 3.8) is 0 Å². The molecule has 0 saturated carbocycles. The summed E-state index contributed by atoms with van der Waals surface area (Å²) < 4.78 is 18.5. The Labute approximate surface area is 257 Å². The van der Waals surface area contributed by atoms with E-state index in [0.717, 1.165) is 10.3 Å². The summed E-state index contributed by atoms with van der Waals surface area (Å²) in [4.78, 5) is 48.6. The van der Waals surface area contributed by atoms with Crippen molar-refractivity contribution in [2.45, 2.75) is 39.5 Å². The average Bonchev–Trinajstić information content (AvgIpc) is 3.37. The molecule has 44 heavy (non-hydrogen) atoms. The number of aryl methyl sites for hydroxylation is 1. The fourth-order valence-electron chi connectivity index (χ4n) is 5.87. The minimum atomic E-state index is -0.563. The molecule has 1 saturated heterocycles. The molecule has 0 radical (unpaired) electrons. The van der Waals surface area contributed by atoms with Crippen LogP contribution < -0.4 is 16.3 Å². The first-order valence-corrected chi connectivity index (χ1v) is 15.4. The van der Waals surface area contributed by atoms with E-state index in [1.165, 1.54) is 28.0 Å². The number of pyridine rings is 2. The maximum atomic E-state index is 16.2. The number of rotatable bonds is 5. The van der Waals surface area contributed by atoms with Crippen molar-refractivity contribution >= 4 is 49.4 Å². The quantitative estimate of drug-likeness (QED) is 0.268. The van der Waals surface area contributed by atoms with Crippen LogP contribution in [0.2, 0.25) is 0 Å². The van der Waals surface area contributed by atoms with Crippen LogP contribution in [0.5, 0.6) is 0 Å². The molecule has 1 fully saturated rings. The fraction of sp³-hybridized carbons (Fsp3) is 0.312. The predicted molar refractivity (Wildman–Crippen MR) is 173 cm³/mol. The summed E-state index contributed by atoms with van der Waals surface area (Å²) in [6, 6.07) is 8.70. The van der Waals surface area contributed by atoms with Crippen LogP contribution in [0.3, 0.4) is 0 Å². The van der Waals surface area contributed by atoms with Crippen molar-refractivity contribution in [1.29, 1.82) is 0 Å². The molecule has 0 atom stereocenters. The molecule has 2 N–H and O–H groups in total. The van der Waals surface area contributed by atoms with Crippen molar-refractivity contribution < 1.29 is 9.18 Å². The molecule has 226 valence electrons. The minimum absolute atomic E-state index is 0.00578. The highest BCUT2D eigenvalue weighted by Gasteiger charge is 2.26. The number of carbonyl (C=O) groups excluding carboxylic acids is 1. The Morgan fingerprint density at radius 3 is 2.57 bits per heavy atom. The van der Waals surface area contributed by atoms with Crippen LogP contribution in [-0.4, -0.2) is 61.5 Å². The number of nitrogens with zero attached hydrogens (tertiary/aromatic N) is 7. The number of anilines is 2. The molecule has 0 aliphatic carbocycles. The number of hydrogen-bond donors (Lipinski definition) is 1. The highest BCUT2D eigenvalue weighted by atomic mass is 32.1. The summed E-state index contributed by atoms with van der Waals surface area (Å²) in [5.74, 6) is -0.306. The van der Waals surface area contributed by atoms with E-state index in [4.69, 9.17) is 10.7 Å². The SMILES string of the molecule is C=CC(=O)N1CCCN(c2nc(=O)n(-c3c(C)ccnc3C(C)C)c3nc(-c4cccc5sc(N)nc45)c(F)cc23)CCC1. The van der Waals surface area contributed by atoms with Gasteiger partial charge in [0.25, 0.3) is 0 Å². The number of hydrogen-bond acceptors (Lipinski definition) is 9. The molecule has 12 heteroatoms. The van der Waals surface area contributed by atoms with Gasteiger partial charge in [-0.1, -0.05) is 43.9 Å². The molecule has 1 aliphatic rings. The summed E-state index contributed by atoms with van der Waals surface area (Å²) in [6.07, 6.45) is 4.33. The Morgan fingerprint density at radius 1 is 1.11 bits per heavy atom. The van der Waals surface area contributed by atoms with Crippen molar-refractivity contribution in [2.24, 2.45) is 0 Å². The van der Waals surface area contributed by atoms with Gasteiger partial charge in [0.05, 0.1) is 27.0 Å². The molecule has 1 aromatic carbocycles. The Bertz CT molecular complexity index is 1980. The molecular weight excluding hydrogens is 579 g/mol. The standard InChI is InChI=1S/C32H33FN8O2S/c1-5-24(42)39-13-7-15-40(16-8-14-39)29-21-17-22(33)26(20-9-6-10-23-27(20)37-31(34)44-23)36-30(21)41(32(43)38-29)28-19(4)11-12-35-25(28)18(2)3/h5-6,9-12,17-18H,1,7-8,13-16H2,2-4H3,(H2,34,37). The van der Waals surface area contributed by atoms with Gasteiger partial charge in [0.2, 0.25) is 5.91 Å². The predicted octanol–water partition coefficient (Wildman–Crippen LogP) is 5.22. The first-order valence-electron chi connectivity index (χ1n) is 14.6. The number of aromatic nitrogens is 5. The number of halogens is 1. The Morgan fingerprint density at radius 2 is 1.86 bits per heavy atom. The van der Waals surface area contributed by atoms with Gasteiger partial charge in [0, 0.05) is 37.9 Å². The molecule has 5 heterocycles. The monoisotopic (exact) mass is 612 g/mol. The Hall–Kier alpha value is -4.71. The zero-order chi connectivity index (χ0) is 31.1. The second-order valence-corrected chi connectivity index (χ2v) is 12.2. The van der Waals surface area contributed by atoms with Gasteiger partial charge in [-0.15, -0.1) is 0 Å². The van der Waals surface area contributed by atoms with Crippen LogP contribution in [0, 0.1) is 12.7 Å². The average molecular weight is 613 g/mol. The number of amides is 1. The van der Waals surface area contributed by atoms with Crippen LogP contribution in [0.4, 0.5) is 15.3 Å². The highest BCUT2D eigenvalue weighted by Crippen LogP contribution is 2.36. The van der Waals surface area contributed by atoms with E-state index in [-0.39, 0.29) is 23.2 Å². The molecule has 1 aliphatic heterocycles. The van der Waals surface area contributed by atoms with Crippen molar-refractivity contribution in [1.82, 2.24) is 29.4 Å². The fourth-order valence-corrected chi connectivity index (χ4v) is 6.63. The van der Waals surface area contributed by atoms with Gasteiger partial charge in [-0.05, 0) is 55.5 Å². The van der Waals surface area contributed by atoms with Crippen LogP contribution in [0.25, 0.3) is 38.2 Å². The molecule has 0 spiro atoms. The number of para-hydroxylation sites is 1. The smallest absolute Gasteiger partial charge is 0.355 e. The van der Waals surface area contributed by atoms with E-state index in [0.29, 0.717) is 77.8 Å². The van der Waals surface area contributed by atoms with E-state index in [2.05, 4.69) is 21.5 Å². The lowest BCUT2D eigenvalue weighted by molar-refractivity contribution is -0.126. The van der Waals surface area contributed by atoms with Crippen molar-refractivity contribution in [3.8, 4) is 16.9 Å². The molecule has 6 rings (SSSR count). The number of nitrogens with two attached hydrogens (primary N) is 1. The van der Waals surface area contributed by atoms with Gasteiger partial charge >= 0.3 is 5.69 Å². The topological polar surface area (TPSA) is 123 Å². The molecule has 0 bridgehead atoms. The molecule has 5 aromatic rings. The maximum absolute atomic E-state index is 16.2. The van der Waals surface area contributed by atoms with E-state index in [1.54, 1.807) is 17.2 Å². The third kappa shape index (κ3) is 5.19. The van der Waals surface area contributed by atoms with Gasteiger partial charge in [0.15, 0.2) is 10.8 Å². The molecule has 1 amide bonds. The summed E-state index contributed by atoms with van der Waals surface area (Å²) in [5.41, 5.74) is 8.97. The van der Waals surface area contributed by atoms with E-state index in [9.17, 15) is 9.59 Å². The number of fused-ring (bicyclic) bond motifs is 2.